The second-order valence-corrected chi connectivity index (χ2v) is 8.59. The molecule has 2 aromatic carbocycles. The largest absolute Gasteiger partial charge is 0.456 e. The van der Waals surface area contributed by atoms with Crippen molar-refractivity contribution in [3.8, 4) is 0 Å². The molecule has 0 spiro atoms. The average molecular weight is 407 g/mol. The van der Waals surface area contributed by atoms with E-state index in [-0.39, 0.29) is 5.97 Å². The summed E-state index contributed by atoms with van der Waals surface area (Å²) in [5.41, 5.74) is 0.990. The molecule has 0 amide bonds. The maximum absolute atomic E-state index is 12.3. The summed E-state index contributed by atoms with van der Waals surface area (Å²) in [5, 5.41) is 11.7. The van der Waals surface area contributed by atoms with Crippen LogP contribution in [0.5, 0.6) is 0 Å². The van der Waals surface area contributed by atoms with E-state index in [1.54, 1.807) is 43.3 Å². The van der Waals surface area contributed by atoms with E-state index in [1.165, 1.54) is 0 Å². The molecule has 0 heterocycles. The Labute approximate surface area is 170 Å². The van der Waals surface area contributed by atoms with Crippen LogP contribution in [0.1, 0.15) is 54.7 Å². The first kappa shape index (κ1) is 21.5. The third-order valence-electron chi connectivity index (χ3n) is 3.92. The molecule has 1 N–H and O–H groups in total. The first-order valence-corrected chi connectivity index (χ1v) is 9.35. The number of aryl methyl sites for hydroxylation is 1. The lowest BCUT2D eigenvalue weighted by Crippen LogP contribution is -2.24. The Kier molecular flexibility index (Phi) is 6.41. The van der Waals surface area contributed by atoms with Gasteiger partial charge in [0.15, 0.2) is 0 Å². The number of carbonyl (C=O) groups is 1. The van der Waals surface area contributed by atoms with E-state index in [2.05, 4.69) is 0 Å². The molecule has 0 bridgehead atoms. The lowest BCUT2D eigenvalue weighted by molar-refractivity contribution is 0.00687. The summed E-state index contributed by atoms with van der Waals surface area (Å²) in [6.45, 7) is 9.02. The number of hydrogen-bond acceptors (Lipinski definition) is 3. The van der Waals surface area contributed by atoms with Crippen molar-refractivity contribution in [3.63, 3.8) is 0 Å². The van der Waals surface area contributed by atoms with Crippen molar-refractivity contribution in [2.45, 2.75) is 45.8 Å². The summed E-state index contributed by atoms with van der Waals surface area (Å²) in [4.78, 5) is 12.3. The minimum absolute atomic E-state index is 0.351. The lowest BCUT2D eigenvalue weighted by Gasteiger charge is -2.21. The van der Waals surface area contributed by atoms with Gasteiger partial charge in [-0.2, -0.15) is 0 Å². The second-order valence-electron chi connectivity index (χ2n) is 7.72. The van der Waals surface area contributed by atoms with Gasteiger partial charge in [0.1, 0.15) is 11.2 Å². The van der Waals surface area contributed by atoms with Gasteiger partial charge in [-0.3, -0.25) is 0 Å². The summed E-state index contributed by atoms with van der Waals surface area (Å²) < 4.78 is 5.42. The van der Waals surface area contributed by atoms with Crippen LogP contribution in [0.25, 0.3) is 6.08 Å². The van der Waals surface area contributed by atoms with Crippen molar-refractivity contribution < 1.29 is 14.6 Å². The van der Waals surface area contributed by atoms with Gasteiger partial charge in [0.25, 0.3) is 0 Å². The molecule has 1 unspecified atom stereocenters. The minimum atomic E-state index is -1.24. The molecular weight excluding hydrogens is 383 g/mol. The lowest BCUT2D eigenvalue weighted by atomic mass is 9.94. The third-order valence-corrected chi connectivity index (χ3v) is 4.35. The topological polar surface area (TPSA) is 46.5 Å². The molecule has 0 saturated carbocycles. The SMILES string of the molecule is Cc1cc(/C=C/C(C)(O)c2cc(Cl)cc(Cl)c2)ccc1C(=O)OC(C)(C)C. The van der Waals surface area contributed by atoms with Gasteiger partial charge >= 0.3 is 5.97 Å². The van der Waals surface area contributed by atoms with E-state index in [0.717, 1.165) is 11.1 Å². The van der Waals surface area contributed by atoms with E-state index in [0.29, 0.717) is 21.2 Å². The number of ether oxygens (including phenoxy) is 1. The molecule has 144 valence electrons. The molecule has 0 radical (unpaired) electrons. The second kappa shape index (κ2) is 8.05. The van der Waals surface area contributed by atoms with Gasteiger partial charge < -0.3 is 9.84 Å². The van der Waals surface area contributed by atoms with E-state index >= 15 is 0 Å². The highest BCUT2D eigenvalue weighted by atomic mass is 35.5. The normalized spacial score (nSPS) is 14.2. The third kappa shape index (κ3) is 6.10. The van der Waals surface area contributed by atoms with Gasteiger partial charge in [-0.1, -0.05) is 41.4 Å². The van der Waals surface area contributed by atoms with Crippen LogP contribution in [-0.4, -0.2) is 16.7 Å². The Morgan fingerprint density at radius 2 is 1.63 bits per heavy atom. The fourth-order valence-corrected chi connectivity index (χ4v) is 3.08. The zero-order valence-electron chi connectivity index (χ0n) is 16.1. The van der Waals surface area contributed by atoms with Crippen LogP contribution < -0.4 is 0 Å². The molecule has 2 rings (SSSR count). The Morgan fingerprint density at radius 3 is 2.15 bits per heavy atom. The highest BCUT2D eigenvalue weighted by Crippen LogP contribution is 2.29. The van der Waals surface area contributed by atoms with Crippen molar-refractivity contribution >= 4 is 35.2 Å². The molecule has 0 aliphatic heterocycles. The maximum Gasteiger partial charge on any atom is 0.338 e. The van der Waals surface area contributed by atoms with Gasteiger partial charge in [0.2, 0.25) is 0 Å². The van der Waals surface area contributed by atoms with Crippen molar-refractivity contribution in [1.82, 2.24) is 0 Å². The van der Waals surface area contributed by atoms with Crippen LogP contribution in [0.4, 0.5) is 0 Å². The summed E-state index contributed by atoms with van der Waals surface area (Å²) in [6, 6.07) is 10.4. The fraction of sp³-hybridized carbons (Fsp3) is 0.318. The van der Waals surface area contributed by atoms with Crippen LogP contribution in [-0.2, 0) is 10.3 Å². The van der Waals surface area contributed by atoms with Crippen molar-refractivity contribution in [3.05, 3.63) is 74.8 Å². The molecule has 0 aliphatic rings. The molecule has 3 nitrogen and oxygen atoms in total. The van der Waals surface area contributed by atoms with Crippen LogP contribution in [0.2, 0.25) is 10.0 Å². The van der Waals surface area contributed by atoms with Crippen molar-refractivity contribution in [1.29, 1.82) is 0 Å². The van der Waals surface area contributed by atoms with Crippen LogP contribution in [0, 0.1) is 6.92 Å². The molecule has 0 fully saturated rings. The molecule has 0 saturated heterocycles. The molecule has 0 aromatic heterocycles. The number of hydrogen-bond donors (Lipinski definition) is 1. The number of carbonyl (C=O) groups excluding carboxylic acids is 1. The van der Waals surface area contributed by atoms with Gasteiger partial charge in [-0.15, -0.1) is 0 Å². The standard InChI is InChI=1S/C22H24Cl2O3/c1-14-10-15(6-7-19(14)20(25)27-21(2,3)4)8-9-22(5,26)16-11-17(23)13-18(24)12-16/h6-13,26H,1-5H3/b9-8+. The van der Waals surface area contributed by atoms with Crippen LogP contribution in [0.15, 0.2) is 42.5 Å². The van der Waals surface area contributed by atoms with E-state index in [9.17, 15) is 9.90 Å². The number of rotatable bonds is 4. The van der Waals surface area contributed by atoms with Crippen molar-refractivity contribution in [2.24, 2.45) is 0 Å². The van der Waals surface area contributed by atoms with E-state index in [1.807, 2.05) is 39.8 Å². The monoisotopic (exact) mass is 406 g/mol. The predicted molar refractivity (Wildman–Crippen MR) is 111 cm³/mol. The van der Waals surface area contributed by atoms with Gasteiger partial charge in [-0.05, 0) is 81.7 Å². The number of esters is 1. The molecular formula is C22H24Cl2O3. The summed E-state index contributed by atoms with van der Waals surface area (Å²) >= 11 is 12.0. The highest BCUT2D eigenvalue weighted by molar-refractivity contribution is 6.34. The van der Waals surface area contributed by atoms with Crippen molar-refractivity contribution in [2.75, 3.05) is 0 Å². The summed E-state index contributed by atoms with van der Waals surface area (Å²) in [7, 11) is 0. The summed E-state index contributed by atoms with van der Waals surface area (Å²) in [5.74, 6) is -0.351. The average Bonchev–Trinajstić information content (AvgIpc) is 2.50. The van der Waals surface area contributed by atoms with Gasteiger partial charge in [-0.25, -0.2) is 4.79 Å². The fourth-order valence-electron chi connectivity index (χ4n) is 2.55. The Balaban J connectivity index is 2.24. The molecule has 5 heteroatoms. The smallest absolute Gasteiger partial charge is 0.338 e. The quantitative estimate of drug-likeness (QED) is 0.616. The molecule has 2 aromatic rings. The molecule has 27 heavy (non-hydrogen) atoms. The van der Waals surface area contributed by atoms with Gasteiger partial charge in [0, 0.05) is 10.0 Å². The van der Waals surface area contributed by atoms with E-state index < -0.39 is 11.2 Å². The number of benzene rings is 2. The van der Waals surface area contributed by atoms with Gasteiger partial charge in [0.05, 0.1) is 5.56 Å². The minimum Gasteiger partial charge on any atom is -0.456 e. The first-order valence-electron chi connectivity index (χ1n) is 8.59. The number of aliphatic hydroxyl groups is 1. The molecule has 0 aliphatic carbocycles. The zero-order valence-corrected chi connectivity index (χ0v) is 17.7. The number of halogens is 2. The maximum atomic E-state index is 12.3. The van der Waals surface area contributed by atoms with Crippen LogP contribution in [0.3, 0.4) is 0 Å². The highest BCUT2D eigenvalue weighted by Gasteiger charge is 2.21. The Bertz CT molecular complexity index is 857. The first-order chi connectivity index (χ1) is 12.4. The van der Waals surface area contributed by atoms with E-state index in [4.69, 9.17) is 27.9 Å². The predicted octanol–water partition coefficient (Wildman–Crippen LogP) is 6.18. The summed E-state index contributed by atoms with van der Waals surface area (Å²) in [6.07, 6.45) is 3.46. The van der Waals surface area contributed by atoms with Crippen LogP contribution >= 0.6 is 23.2 Å². The molecule has 1 atom stereocenters. The Hall–Kier alpha value is -1.81. The Morgan fingerprint density at radius 1 is 1.04 bits per heavy atom. The zero-order chi connectivity index (χ0) is 20.4.